The third-order valence-electron chi connectivity index (χ3n) is 12.4. The van der Waals surface area contributed by atoms with Crippen molar-refractivity contribution in [1.29, 1.82) is 0 Å². The van der Waals surface area contributed by atoms with Crippen LogP contribution in [0.2, 0.25) is 0 Å². The molecule has 3 fully saturated rings. The number of aliphatic hydroxyl groups excluding tert-OH is 2. The van der Waals surface area contributed by atoms with Gasteiger partial charge in [0.1, 0.15) is 17.8 Å². The second kappa shape index (κ2) is 19.4. The van der Waals surface area contributed by atoms with Gasteiger partial charge in [0.15, 0.2) is 18.7 Å². The van der Waals surface area contributed by atoms with Crippen molar-refractivity contribution in [2.75, 3.05) is 28.3 Å². The predicted molar refractivity (Wildman–Crippen MR) is 204 cm³/mol. The Labute approximate surface area is 333 Å². The topological polar surface area (TPSA) is 201 Å². The van der Waals surface area contributed by atoms with Gasteiger partial charge in [-0.3, -0.25) is 14.4 Å². The molecule has 18 atom stereocenters. The summed E-state index contributed by atoms with van der Waals surface area (Å²) in [5.74, 6) is -4.69. The summed E-state index contributed by atoms with van der Waals surface area (Å²) >= 11 is 0. The molecule has 56 heavy (non-hydrogen) atoms. The average molecular weight is 805 g/mol. The van der Waals surface area contributed by atoms with E-state index < -0.39 is 114 Å². The standard InChI is InChI=1S/C40H72N2O14/c1-16-28-40(11,48)32(44)24(6)35(46)41-20(2)18-39(10,50-15)34(56-37-31(53-26(8)43)27(42(12)13)17-21(3)51-37)22(4)30(23(5)36(47)54-28)55-29-19-38(9,49-14)33(45)25(7)52-29/h20-25,27-34,37,44-45,48H,16-19H2,1-15H3,(H,41,46)/t20-,21-,22+,23-,24-,25+,27+,28-,29?,30+,31-,32-,33-,34?,37+,38-,39-,40-/m1/s1. The van der Waals surface area contributed by atoms with Crippen molar-refractivity contribution in [2.24, 2.45) is 17.8 Å². The summed E-state index contributed by atoms with van der Waals surface area (Å²) < 4.78 is 50.4. The number of ether oxygens (including phenoxy) is 8. The minimum absolute atomic E-state index is 0.106. The number of esters is 2. The molecule has 3 saturated heterocycles. The number of amides is 1. The van der Waals surface area contributed by atoms with E-state index in [1.165, 1.54) is 35.0 Å². The van der Waals surface area contributed by atoms with Crippen molar-refractivity contribution < 1.29 is 67.6 Å². The van der Waals surface area contributed by atoms with E-state index in [2.05, 4.69) is 5.32 Å². The third kappa shape index (κ3) is 10.8. The highest BCUT2D eigenvalue weighted by Gasteiger charge is 2.54. The van der Waals surface area contributed by atoms with Crippen LogP contribution in [0.5, 0.6) is 0 Å². The van der Waals surface area contributed by atoms with Gasteiger partial charge in [0.2, 0.25) is 5.91 Å². The van der Waals surface area contributed by atoms with Gasteiger partial charge in [-0.2, -0.15) is 0 Å². The van der Waals surface area contributed by atoms with Gasteiger partial charge in [0, 0.05) is 39.5 Å². The predicted octanol–water partition coefficient (Wildman–Crippen LogP) is 2.31. The summed E-state index contributed by atoms with van der Waals surface area (Å²) in [7, 11) is 6.79. The Balaban J connectivity index is 2.27. The summed E-state index contributed by atoms with van der Waals surface area (Å²) in [6, 6.07) is -0.844. The lowest BCUT2D eigenvalue weighted by molar-refractivity contribution is -0.320. The highest BCUT2D eigenvalue weighted by Crippen LogP contribution is 2.41. The Hall–Kier alpha value is -1.99. The largest absolute Gasteiger partial charge is 0.459 e. The number of carbonyl (C=O) groups excluding carboxylic acids is 3. The fourth-order valence-corrected chi connectivity index (χ4v) is 8.75. The van der Waals surface area contributed by atoms with Gasteiger partial charge < -0.3 is 63.4 Å². The van der Waals surface area contributed by atoms with Gasteiger partial charge >= 0.3 is 11.9 Å². The molecule has 0 saturated carbocycles. The minimum Gasteiger partial charge on any atom is -0.459 e. The molecule has 3 rings (SSSR count). The van der Waals surface area contributed by atoms with Crippen LogP contribution < -0.4 is 5.32 Å². The van der Waals surface area contributed by atoms with Gasteiger partial charge in [0.25, 0.3) is 0 Å². The highest BCUT2D eigenvalue weighted by atomic mass is 16.7. The molecule has 0 aliphatic carbocycles. The van der Waals surface area contributed by atoms with E-state index >= 15 is 0 Å². The van der Waals surface area contributed by atoms with Crippen molar-refractivity contribution in [2.45, 2.75) is 192 Å². The molecule has 2 unspecified atom stereocenters. The fraction of sp³-hybridized carbons (Fsp3) is 0.925. The normalized spacial score (nSPS) is 46.3. The number of nitrogens with zero attached hydrogens (tertiary/aromatic N) is 1. The van der Waals surface area contributed by atoms with Gasteiger partial charge in [-0.1, -0.05) is 20.8 Å². The van der Waals surface area contributed by atoms with Crippen LogP contribution in [-0.2, 0) is 52.3 Å². The summed E-state index contributed by atoms with van der Waals surface area (Å²) in [6.45, 7) is 18.3. The van der Waals surface area contributed by atoms with E-state index in [0.29, 0.717) is 6.42 Å². The van der Waals surface area contributed by atoms with E-state index in [-0.39, 0.29) is 31.4 Å². The van der Waals surface area contributed by atoms with Crippen LogP contribution >= 0.6 is 0 Å². The van der Waals surface area contributed by atoms with Crippen LogP contribution in [0.1, 0.15) is 102 Å². The number of carbonyl (C=O) groups is 3. The molecule has 16 heteroatoms. The number of rotatable bonds is 9. The summed E-state index contributed by atoms with van der Waals surface area (Å²) in [5, 5.41) is 37.0. The SMILES string of the molecule is CC[C@H]1OC(=O)[C@H](C)[C@@H](OC2C[C@@](C)(OC)[C@H](O)[C@H](C)O2)[C@H](C)C(O[C@@H]2O[C@H](C)C[C@H](N(C)C)[C@H]2OC(C)=O)[C@](C)(OC)C[C@@H](C)NC(=O)[C@H](C)[C@@H](O)[C@]1(C)O. The summed E-state index contributed by atoms with van der Waals surface area (Å²) in [6.07, 6.45) is -8.80. The van der Waals surface area contributed by atoms with Crippen molar-refractivity contribution in [1.82, 2.24) is 10.2 Å². The van der Waals surface area contributed by atoms with Crippen LogP contribution in [0.3, 0.4) is 0 Å². The van der Waals surface area contributed by atoms with Crippen LogP contribution in [0.4, 0.5) is 0 Å². The molecule has 3 heterocycles. The van der Waals surface area contributed by atoms with Crippen LogP contribution in [0.25, 0.3) is 0 Å². The third-order valence-corrected chi connectivity index (χ3v) is 12.4. The van der Waals surface area contributed by atoms with E-state index in [1.807, 2.05) is 39.8 Å². The van der Waals surface area contributed by atoms with E-state index in [1.54, 1.807) is 34.6 Å². The lowest BCUT2D eigenvalue weighted by Gasteiger charge is -2.50. The molecule has 0 aromatic carbocycles. The van der Waals surface area contributed by atoms with Crippen molar-refractivity contribution >= 4 is 17.8 Å². The quantitative estimate of drug-likeness (QED) is 0.247. The maximum absolute atomic E-state index is 14.3. The monoisotopic (exact) mass is 804 g/mol. The van der Waals surface area contributed by atoms with E-state index in [0.717, 1.165) is 0 Å². The fourth-order valence-electron chi connectivity index (χ4n) is 8.75. The molecule has 16 nitrogen and oxygen atoms in total. The molecule has 0 spiro atoms. The molecular formula is C40H72N2O14. The molecule has 326 valence electrons. The van der Waals surface area contributed by atoms with Crippen molar-refractivity contribution in [3.05, 3.63) is 0 Å². The average Bonchev–Trinajstić information content (AvgIpc) is 3.12. The van der Waals surface area contributed by atoms with Crippen LogP contribution in [0, 0.1) is 17.8 Å². The molecule has 3 aliphatic rings. The second-order valence-corrected chi connectivity index (χ2v) is 17.3. The van der Waals surface area contributed by atoms with E-state index in [4.69, 9.17) is 37.9 Å². The Morgan fingerprint density at radius 2 is 1.50 bits per heavy atom. The first-order valence-electron chi connectivity index (χ1n) is 20.0. The Kier molecular flexibility index (Phi) is 16.7. The molecular weight excluding hydrogens is 732 g/mol. The smallest absolute Gasteiger partial charge is 0.311 e. The summed E-state index contributed by atoms with van der Waals surface area (Å²) in [5.41, 5.74) is -4.31. The van der Waals surface area contributed by atoms with Gasteiger partial charge in [-0.05, 0) is 81.8 Å². The van der Waals surface area contributed by atoms with Gasteiger partial charge in [-0.25, -0.2) is 0 Å². The molecule has 0 aromatic heterocycles. The number of nitrogens with one attached hydrogen (secondary N) is 1. The van der Waals surface area contributed by atoms with Crippen LogP contribution in [0.15, 0.2) is 0 Å². The summed E-state index contributed by atoms with van der Waals surface area (Å²) in [4.78, 5) is 42.4. The van der Waals surface area contributed by atoms with Crippen molar-refractivity contribution in [3.8, 4) is 0 Å². The zero-order valence-corrected chi connectivity index (χ0v) is 36.3. The first-order valence-corrected chi connectivity index (χ1v) is 20.0. The molecule has 0 bridgehead atoms. The van der Waals surface area contributed by atoms with Crippen LogP contribution in [-0.4, -0.2) is 157 Å². The molecule has 0 radical (unpaired) electrons. The zero-order chi connectivity index (χ0) is 42.7. The highest BCUT2D eigenvalue weighted by molar-refractivity contribution is 5.79. The Morgan fingerprint density at radius 1 is 0.893 bits per heavy atom. The second-order valence-electron chi connectivity index (χ2n) is 17.3. The zero-order valence-electron chi connectivity index (χ0n) is 36.3. The Bertz CT molecular complexity index is 1320. The number of aliphatic hydroxyl groups is 3. The Morgan fingerprint density at radius 3 is 2.04 bits per heavy atom. The minimum atomic E-state index is -2.01. The molecule has 4 N–H and O–H groups in total. The molecule has 0 aromatic rings. The number of hydrogen-bond acceptors (Lipinski definition) is 15. The first kappa shape index (κ1) is 48.4. The lowest BCUT2D eigenvalue weighted by atomic mass is 9.78. The number of cyclic esters (lactones) is 1. The number of likely N-dealkylation sites (N-methyl/N-ethyl adjacent to an activating group) is 1. The maximum atomic E-state index is 14.3. The van der Waals surface area contributed by atoms with Gasteiger partial charge in [0.05, 0.1) is 59.6 Å². The first-order chi connectivity index (χ1) is 25.9. The van der Waals surface area contributed by atoms with Gasteiger partial charge in [-0.15, -0.1) is 0 Å². The van der Waals surface area contributed by atoms with E-state index in [9.17, 15) is 29.7 Å². The molecule has 3 aliphatic heterocycles. The lowest BCUT2D eigenvalue weighted by Crippen LogP contribution is -2.61. The van der Waals surface area contributed by atoms with Crippen molar-refractivity contribution in [3.63, 3.8) is 0 Å². The molecule has 1 amide bonds. The number of methoxy groups -OCH3 is 2. The maximum Gasteiger partial charge on any atom is 0.311 e. The number of hydrogen-bond donors (Lipinski definition) is 4.